The van der Waals surface area contributed by atoms with Crippen molar-refractivity contribution in [3.05, 3.63) is 56.4 Å². The quantitative estimate of drug-likeness (QED) is 0.884. The number of aromatic nitrogens is 2. The van der Waals surface area contributed by atoms with Gasteiger partial charge in [0.05, 0.1) is 13.7 Å². The zero-order chi connectivity index (χ0) is 14.9. The fraction of sp³-hybridized carbons (Fsp3) is 0.286. The number of aryl methyl sites for hydroxylation is 2. The molecule has 1 heterocycles. The zero-order valence-electron chi connectivity index (χ0n) is 11.7. The average molecular weight is 275 g/mol. The second kappa shape index (κ2) is 5.24. The van der Waals surface area contributed by atoms with Crippen molar-refractivity contribution in [3.8, 4) is 5.75 Å². The van der Waals surface area contributed by atoms with Gasteiger partial charge in [0.25, 0.3) is 5.56 Å². The highest BCUT2D eigenvalue weighted by molar-refractivity contribution is 5.38. The number of benzene rings is 1. The first-order chi connectivity index (χ1) is 9.43. The zero-order valence-corrected chi connectivity index (χ0v) is 11.7. The van der Waals surface area contributed by atoms with Crippen LogP contribution in [0.3, 0.4) is 0 Å². The number of methoxy groups -OCH3 is 1. The molecule has 0 bridgehead atoms. The minimum atomic E-state index is -0.489. The number of hydrogen-bond donors (Lipinski definition) is 1. The Kier molecular flexibility index (Phi) is 3.65. The van der Waals surface area contributed by atoms with E-state index in [4.69, 9.17) is 10.5 Å². The summed E-state index contributed by atoms with van der Waals surface area (Å²) in [4.78, 5) is 24.1. The molecule has 0 radical (unpaired) electrons. The molecule has 6 nitrogen and oxygen atoms in total. The molecule has 2 N–H and O–H groups in total. The van der Waals surface area contributed by atoms with Crippen molar-refractivity contribution in [1.29, 1.82) is 0 Å². The van der Waals surface area contributed by atoms with Gasteiger partial charge in [-0.1, -0.05) is 17.7 Å². The minimum absolute atomic E-state index is 0.0405. The Bertz CT molecular complexity index is 725. The van der Waals surface area contributed by atoms with Crippen LogP contribution in [-0.2, 0) is 13.6 Å². The first kappa shape index (κ1) is 13.9. The molecule has 2 aromatic rings. The van der Waals surface area contributed by atoms with Crippen LogP contribution in [0.4, 0.5) is 5.69 Å². The maximum atomic E-state index is 12.1. The second-order valence-corrected chi connectivity index (χ2v) is 4.68. The van der Waals surface area contributed by atoms with Crippen molar-refractivity contribution in [3.63, 3.8) is 0 Å². The average Bonchev–Trinajstić information content (AvgIpc) is 2.41. The fourth-order valence-corrected chi connectivity index (χ4v) is 2.09. The SMILES string of the molecule is COc1ccc(C)cc1Cn1c(=O)c(N)cn(C)c1=O. The van der Waals surface area contributed by atoms with E-state index in [0.717, 1.165) is 15.7 Å². The lowest BCUT2D eigenvalue weighted by Gasteiger charge is -2.12. The lowest BCUT2D eigenvalue weighted by molar-refractivity contribution is 0.407. The summed E-state index contributed by atoms with van der Waals surface area (Å²) in [6.45, 7) is 2.06. The molecule has 106 valence electrons. The number of ether oxygens (including phenoxy) is 1. The van der Waals surface area contributed by atoms with Gasteiger partial charge in [-0.05, 0) is 13.0 Å². The summed E-state index contributed by atoms with van der Waals surface area (Å²) < 4.78 is 7.65. The standard InChI is InChI=1S/C14H17N3O3/c1-9-4-5-12(20-3)10(6-9)7-17-13(18)11(15)8-16(2)14(17)19/h4-6,8H,7,15H2,1-3H3. The summed E-state index contributed by atoms with van der Waals surface area (Å²) in [6.07, 6.45) is 1.33. The summed E-state index contributed by atoms with van der Waals surface area (Å²) in [6, 6.07) is 5.60. The molecule has 0 fully saturated rings. The summed E-state index contributed by atoms with van der Waals surface area (Å²) in [5, 5.41) is 0. The Labute approximate surface area is 116 Å². The first-order valence-corrected chi connectivity index (χ1v) is 6.13. The van der Waals surface area contributed by atoms with Gasteiger partial charge in [0, 0.05) is 18.8 Å². The third-order valence-corrected chi connectivity index (χ3v) is 3.12. The van der Waals surface area contributed by atoms with E-state index in [9.17, 15) is 9.59 Å². The Morgan fingerprint density at radius 1 is 1.30 bits per heavy atom. The molecular weight excluding hydrogens is 258 g/mol. The molecule has 0 saturated carbocycles. The van der Waals surface area contributed by atoms with Gasteiger partial charge >= 0.3 is 5.69 Å². The van der Waals surface area contributed by atoms with Gasteiger partial charge in [-0.3, -0.25) is 9.36 Å². The van der Waals surface area contributed by atoms with Crippen molar-refractivity contribution in [2.45, 2.75) is 13.5 Å². The number of nitrogen functional groups attached to an aromatic ring is 1. The maximum Gasteiger partial charge on any atom is 0.331 e. The van der Waals surface area contributed by atoms with Crippen molar-refractivity contribution in [2.24, 2.45) is 7.05 Å². The third-order valence-electron chi connectivity index (χ3n) is 3.12. The van der Waals surface area contributed by atoms with Gasteiger partial charge in [-0.25, -0.2) is 4.79 Å². The molecule has 1 aromatic carbocycles. The van der Waals surface area contributed by atoms with Gasteiger partial charge in [0.15, 0.2) is 0 Å². The minimum Gasteiger partial charge on any atom is -0.496 e. The predicted molar refractivity (Wildman–Crippen MR) is 77.2 cm³/mol. The van der Waals surface area contributed by atoms with E-state index in [1.165, 1.54) is 10.8 Å². The Morgan fingerprint density at radius 3 is 2.65 bits per heavy atom. The summed E-state index contributed by atoms with van der Waals surface area (Å²) in [5.74, 6) is 0.631. The highest BCUT2D eigenvalue weighted by Gasteiger charge is 2.11. The lowest BCUT2D eigenvalue weighted by atomic mass is 10.1. The monoisotopic (exact) mass is 275 g/mol. The van der Waals surface area contributed by atoms with E-state index >= 15 is 0 Å². The Hall–Kier alpha value is -2.50. The fourth-order valence-electron chi connectivity index (χ4n) is 2.09. The molecule has 0 saturated heterocycles. The van der Waals surface area contributed by atoms with Crippen LogP contribution < -0.4 is 21.7 Å². The van der Waals surface area contributed by atoms with Crippen molar-refractivity contribution in [1.82, 2.24) is 9.13 Å². The van der Waals surface area contributed by atoms with Crippen LogP contribution in [-0.4, -0.2) is 16.2 Å². The van der Waals surface area contributed by atoms with Crippen LogP contribution in [0.1, 0.15) is 11.1 Å². The molecule has 6 heteroatoms. The first-order valence-electron chi connectivity index (χ1n) is 6.13. The topological polar surface area (TPSA) is 79.2 Å². The maximum absolute atomic E-state index is 12.1. The summed E-state index contributed by atoms with van der Waals surface area (Å²) >= 11 is 0. The van der Waals surface area contributed by atoms with Gasteiger partial charge in [0.2, 0.25) is 0 Å². The van der Waals surface area contributed by atoms with Gasteiger partial charge in [-0.15, -0.1) is 0 Å². The molecule has 20 heavy (non-hydrogen) atoms. The van der Waals surface area contributed by atoms with E-state index in [0.29, 0.717) is 5.75 Å². The molecule has 2 rings (SSSR count). The molecule has 0 aliphatic carbocycles. The van der Waals surface area contributed by atoms with Crippen LogP contribution in [0.5, 0.6) is 5.75 Å². The molecule has 0 aliphatic heterocycles. The van der Waals surface area contributed by atoms with E-state index in [1.807, 2.05) is 25.1 Å². The van der Waals surface area contributed by atoms with Crippen molar-refractivity contribution >= 4 is 5.69 Å². The van der Waals surface area contributed by atoms with E-state index in [1.54, 1.807) is 14.2 Å². The lowest BCUT2D eigenvalue weighted by Crippen LogP contribution is -2.40. The molecular formula is C14H17N3O3. The van der Waals surface area contributed by atoms with Crippen LogP contribution in [0.2, 0.25) is 0 Å². The molecule has 0 amide bonds. The van der Waals surface area contributed by atoms with Gasteiger partial charge < -0.3 is 15.0 Å². The number of hydrogen-bond acceptors (Lipinski definition) is 4. The number of anilines is 1. The second-order valence-electron chi connectivity index (χ2n) is 4.68. The highest BCUT2D eigenvalue weighted by atomic mass is 16.5. The Balaban J connectivity index is 2.59. The number of rotatable bonds is 3. The number of nitrogens with zero attached hydrogens (tertiary/aromatic N) is 2. The highest BCUT2D eigenvalue weighted by Crippen LogP contribution is 2.19. The number of nitrogens with two attached hydrogens (primary N) is 1. The molecule has 0 spiro atoms. The summed E-state index contributed by atoms with van der Waals surface area (Å²) in [7, 11) is 3.11. The van der Waals surface area contributed by atoms with Crippen LogP contribution in [0, 0.1) is 6.92 Å². The van der Waals surface area contributed by atoms with E-state index in [-0.39, 0.29) is 12.2 Å². The van der Waals surface area contributed by atoms with Crippen LogP contribution >= 0.6 is 0 Å². The smallest absolute Gasteiger partial charge is 0.331 e. The summed E-state index contributed by atoms with van der Waals surface area (Å²) in [5.41, 5.74) is 6.55. The van der Waals surface area contributed by atoms with Crippen LogP contribution in [0.25, 0.3) is 0 Å². The van der Waals surface area contributed by atoms with Gasteiger partial charge in [0.1, 0.15) is 11.4 Å². The Morgan fingerprint density at radius 2 is 2.00 bits per heavy atom. The largest absolute Gasteiger partial charge is 0.496 e. The van der Waals surface area contributed by atoms with Crippen molar-refractivity contribution < 1.29 is 4.74 Å². The molecule has 0 atom stereocenters. The molecule has 0 unspecified atom stereocenters. The van der Waals surface area contributed by atoms with E-state index in [2.05, 4.69) is 0 Å². The van der Waals surface area contributed by atoms with Gasteiger partial charge in [-0.2, -0.15) is 0 Å². The molecule has 0 aliphatic rings. The third kappa shape index (κ3) is 2.45. The van der Waals surface area contributed by atoms with Crippen LogP contribution in [0.15, 0.2) is 34.0 Å². The normalized spacial score (nSPS) is 10.6. The molecule has 1 aromatic heterocycles. The predicted octanol–water partition coefficient (Wildman–Crippen LogP) is 0.495. The van der Waals surface area contributed by atoms with E-state index < -0.39 is 11.2 Å². The van der Waals surface area contributed by atoms with Crippen molar-refractivity contribution in [2.75, 3.05) is 12.8 Å².